The molecule has 0 bridgehead atoms. The highest BCUT2D eigenvalue weighted by molar-refractivity contribution is 5.84. The molecule has 0 aromatic carbocycles. The molecule has 0 radical (unpaired) electrons. The Morgan fingerprint density at radius 3 is 2.22 bits per heavy atom. The number of aliphatic hydroxyl groups is 1. The van der Waals surface area contributed by atoms with Gasteiger partial charge >= 0.3 is 11.9 Å². The summed E-state index contributed by atoms with van der Waals surface area (Å²) in [7, 11) is 0. The van der Waals surface area contributed by atoms with Gasteiger partial charge in [-0.3, -0.25) is 14.4 Å². The summed E-state index contributed by atoms with van der Waals surface area (Å²) in [6.45, 7) is -0.110. The van der Waals surface area contributed by atoms with Gasteiger partial charge in [-0.25, -0.2) is 0 Å². The van der Waals surface area contributed by atoms with Crippen LogP contribution < -0.4 is 5.32 Å². The number of carboxylic acids is 2. The molecule has 2 fully saturated rings. The second kappa shape index (κ2) is 10.0. The zero-order valence-electron chi connectivity index (χ0n) is 15.7. The van der Waals surface area contributed by atoms with Crippen LogP contribution in [0, 0.1) is 17.3 Å². The summed E-state index contributed by atoms with van der Waals surface area (Å²) in [5.74, 6) is -3.00. The average molecular weight is 385 g/mol. The molecule has 8 nitrogen and oxygen atoms in total. The first-order valence-corrected chi connectivity index (χ1v) is 9.83. The van der Waals surface area contributed by atoms with Crippen molar-refractivity contribution in [3.8, 4) is 0 Å². The highest BCUT2D eigenvalue weighted by atomic mass is 16.5. The fourth-order valence-electron chi connectivity index (χ4n) is 4.38. The lowest BCUT2D eigenvalue weighted by Crippen LogP contribution is -2.47. The van der Waals surface area contributed by atoms with Crippen molar-refractivity contribution in [3.63, 3.8) is 0 Å². The molecule has 1 atom stereocenters. The van der Waals surface area contributed by atoms with Gasteiger partial charge in [0, 0.05) is 6.04 Å². The number of aliphatic hydroxyl groups excluding tert-OH is 1. The number of carboxylic acid groups (broad SMARTS) is 2. The number of carbonyl (C=O) groups excluding carboxylic acids is 1. The first kappa shape index (κ1) is 21.6. The van der Waals surface area contributed by atoms with Crippen molar-refractivity contribution in [1.82, 2.24) is 5.32 Å². The van der Waals surface area contributed by atoms with Gasteiger partial charge in [0.25, 0.3) is 0 Å². The summed E-state index contributed by atoms with van der Waals surface area (Å²) in [6.07, 6.45) is 5.72. The smallest absolute Gasteiger partial charge is 0.308 e. The van der Waals surface area contributed by atoms with Crippen LogP contribution in [-0.4, -0.2) is 59.0 Å². The Labute approximate surface area is 159 Å². The van der Waals surface area contributed by atoms with E-state index in [-0.39, 0.29) is 44.1 Å². The van der Waals surface area contributed by atoms with Gasteiger partial charge in [-0.05, 0) is 44.9 Å². The summed E-state index contributed by atoms with van der Waals surface area (Å²) in [5.41, 5.74) is -0.699. The summed E-state index contributed by atoms with van der Waals surface area (Å²) >= 11 is 0. The number of ether oxygens (including phenoxy) is 1. The molecule has 1 unspecified atom stereocenters. The van der Waals surface area contributed by atoms with Crippen molar-refractivity contribution in [1.29, 1.82) is 0 Å². The van der Waals surface area contributed by atoms with Crippen molar-refractivity contribution in [2.45, 2.75) is 63.8 Å². The molecule has 2 rings (SSSR count). The number of rotatable bonds is 10. The van der Waals surface area contributed by atoms with Crippen molar-refractivity contribution < 1.29 is 34.4 Å². The maximum Gasteiger partial charge on any atom is 0.308 e. The Morgan fingerprint density at radius 2 is 1.70 bits per heavy atom. The monoisotopic (exact) mass is 385 g/mol. The van der Waals surface area contributed by atoms with Crippen LogP contribution in [0.15, 0.2) is 0 Å². The van der Waals surface area contributed by atoms with Gasteiger partial charge in [-0.1, -0.05) is 12.8 Å². The van der Waals surface area contributed by atoms with Crippen LogP contribution in [0.4, 0.5) is 0 Å². The molecule has 2 aliphatic rings. The molecule has 2 saturated carbocycles. The van der Waals surface area contributed by atoms with E-state index in [9.17, 15) is 19.5 Å². The summed E-state index contributed by atoms with van der Waals surface area (Å²) < 4.78 is 5.21. The molecule has 8 heteroatoms. The highest BCUT2D eigenvalue weighted by Gasteiger charge is 2.45. The van der Waals surface area contributed by atoms with Crippen LogP contribution in [-0.2, 0) is 19.1 Å². The maximum absolute atomic E-state index is 13.0. The third-order valence-corrected chi connectivity index (χ3v) is 6.00. The Kier molecular flexibility index (Phi) is 8.04. The summed E-state index contributed by atoms with van der Waals surface area (Å²) in [5, 5.41) is 30.5. The van der Waals surface area contributed by atoms with E-state index in [1.54, 1.807) is 0 Å². The Morgan fingerprint density at radius 1 is 1.07 bits per heavy atom. The van der Waals surface area contributed by atoms with E-state index in [1.807, 2.05) is 0 Å². The molecule has 0 heterocycles. The maximum atomic E-state index is 13.0. The second-order valence-corrected chi connectivity index (χ2v) is 7.89. The first-order chi connectivity index (χ1) is 12.9. The minimum absolute atomic E-state index is 0.0192. The SMILES string of the molecule is O=C(O)C(COCCO)CC1(C(=O)N[C@H]2CC[C@@H](C(=O)O)CC2)CCCC1. The summed E-state index contributed by atoms with van der Waals surface area (Å²) in [6, 6.07) is -0.0421. The van der Waals surface area contributed by atoms with Crippen LogP contribution in [0.2, 0.25) is 0 Å². The molecule has 2 aliphatic carbocycles. The van der Waals surface area contributed by atoms with Crippen LogP contribution >= 0.6 is 0 Å². The van der Waals surface area contributed by atoms with Gasteiger partial charge in [0.2, 0.25) is 5.91 Å². The fraction of sp³-hybridized carbons (Fsp3) is 0.842. The lowest BCUT2D eigenvalue weighted by Gasteiger charge is -2.34. The van der Waals surface area contributed by atoms with Gasteiger partial charge < -0.3 is 25.4 Å². The van der Waals surface area contributed by atoms with Crippen molar-refractivity contribution in [3.05, 3.63) is 0 Å². The molecular formula is C19H31NO7. The van der Waals surface area contributed by atoms with E-state index in [2.05, 4.69) is 5.32 Å². The Hall–Kier alpha value is -1.67. The molecule has 4 N–H and O–H groups in total. The van der Waals surface area contributed by atoms with E-state index >= 15 is 0 Å². The third-order valence-electron chi connectivity index (χ3n) is 6.00. The quantitative estimate of drug-likeness (QED) is 0.418. The Bertz CT molecular complexity index is 522. The molecule has 0 saturated heterocycles. The molecule has 0 aliphatic heterocycles. The number of amides is 1. The van der Waals surface area contributed by atoms with E-state index in [0.29, 0.717) is 38.5 Å². The van der Waals surface area contributed by atoms with Gasteiger partial charge in [0.05, 0.1) is 37.1 Å². The van der Waals surface area contributed by atoms with Crippen molar-refractivity contribution in [2.24, 2.45) is 17.3 Å². The fourth-order valence-corrected chi connectivity index (χ4v) is 4.38. The zero-order chi connectivity index (χ0) is 19.9. The molecule has 0 aromatic rings. The van der Waals surface area contributed by atoms with Crippen LogP contribution in [0.25, 0.3) is 0 Å². The van der Waals surface area contributed by atoms with E-state index < -0.39 is 23.3 Å². The number of carbonyl (C=O) groups is 3. The Balaban J connectivity index is 1.96. The van der Waals surface area contributed by atoms with E-state index in [1.165, 1.54) is 0 Å². The largest absolute Gasteiger partial charge is 0.481 e. The second-order valence-electron chi connectivity index (χ2n) is 7.89. The molecule has 154 valence electrons. The lowest BCUT2D eigenvalue weighted by molar-refractivity contribution is -0.147. The van der Waals surface area contributed by atoms with Crippen LogP contribution in [0.3, 0.4) is 0 Å². The highest BCUT2D eigenvalue weighted by Crippen LogP contribution is 2.44. The van der Waals surface area contributed by atoms with Crippen LogP contribution in [0.5, 0.6) is 0 Å². The average Bonchev–Trinajstić information content (AvgIpc) is 3.11. The summed E-state index contributed by atoms with van der Waals surface area (Å²) in [4.78, 5) is 35.7. The minimum atomic E-state index is -0.992. The van der Waals surface area contributed by atoms with E-state index in [4.69, 9.17) is 14.9 Å². The van der Waals surface area contributed by atoms with Gasteiger partial charge in [-0.15, -0.1) is 0 Å². The van der Waals surface area contributed by atoms with Crippen molar-refractivity contribution >= 4 is 17.8 Å². The third kappa shape index (κ3) is 5.90. The molecule has 27 heavy (non-hydrogen) atoms. The molecule has 0 spiro atoms. The molecule has 1 amide bonds. The standard InChI is InChI=1S/C19H31NO7/c21-9-10-27-12-14(17(24)25)11-19(7-1-2-8-19)18(26)20-15-5-3-13(4-6-15)16(22)23/h13-15,21H,1-12H2,(H,20,26)(H,22,23)(H,24,25)/t13-,14?,15+. The van der Waals surface area contributed by atoms with Crippen molar-refractivity contribution in [2.75, 3.05) is 19.8 Å². The zero-order valence-corrected chi connectivity index (χ0v) is 15.7. The van der Waals surface area contributed by atoms with Crippen LogP contribution in [0.1, 0.15) is 57.8 Å². The predicted molar refractivity (Wildman–Crippen MR) is 96.1 cm³/mol. The molecular weight excluding hydrogens is 354 g/mol. The number of nitrogens with one attached hydrogen (secondary N) is 1. The topological polar surface area (TPSA) is 133 Å². The predicted octanol–water partition coefficient (Wildman–Crippen LogP) is 1.41. The number of hydrogen-bond donors (Lipinski definition) is 4. The number of hydrogen-bond acceptors (Lipinski definition) is 5. The van der Waals surface area contributed by atoms with E-state index in [0.717, 1.165) is 12.8 Å². The minimum Gasteiger partial charge on any atom is -0.481 e. The van der Waals surface area contributed by atoms with Gasteiger partial charge in [0.15, 0.2) is 0 Å². The van der Waals surface area contributed by atoms with Gasteiger partial charge in [0.1, 0.15) is 0 Å². The number of aliphatic carboxylic acids is 2. The normalized spacial score (nSPS) is 25.7. The van der Waals surface area contributed by atoms with Gasteiger partial charge in [-0.2, -0.15) is 0 Å². The molecule has 0 aromatic heterocycles. The lowest BCUT2D eigenvalue weighted by atomic mass is 9.76. The first-order valence-electron chi connectivity index (χ1n) is 9.83.